The third kappa shape index (κ3) is 3.02. The van der Waals surface area contributed by atoms with E-state index in [0.717, 1.165) is 5.56 Å². The minimum Gasteiger partial charge on any atom is -0.335 e. The molecule has 0 aromatic heterocycles. The topological polar surface area (TPSA) is 44.1 Å². The van der Waals surface area contributed by atoms with Gasteiger partial charge in [0.2, 0.25) is 5.91 Å². The molecule has 1 aliphatic carbocycles. The lowest BCUT2D eigenvalue weighted by Crippen LogP contribution is -2.42. The summed E-state index contributed by atoms with van der Waals surface area (Å²) in [7, 11) is 0. The predicted molar refractivity (Wildman–Crippen MR) is 84.0 cm³/mol. The van der Waals surface area contributed by atoms with Crippen molar-refractivity contribution in [1.29, 1.82) is 5.26 Å². The molecule has 1 aromatic carbocycles. The second-order valence-electron chi connectivity index (χ2n) is 6.05. The molecule has 0 heterocycles. The largest absolute Gasteiger partial charge is 0.335 e. The summed E-state index contributed by atoms with van der Waals surface area (Å²) in [5, 5.41) is 8.82. The predicted octanol–water partition coefficient (Wildman–Crippen LogP) is 3.88. The molecule has 0 N–H and O–H groups in total. The first kappa shape index (κ1) is 16.1. The summed E-state index contributed by atoms with van der Waals surface area (Å²) >= 11 is 12.2. The molecule has 21 heavy (non-hydrogen) atoms. The van der Waals surface area contributed by atoms with Gasteiger partial charge in [-0.25, -0.2) is 0 Å². The highest BCUT2D eigenvalue weighted by Gasteiger charge is 2.68. The van der Waals surface area contributed by atoms with Crippen LogP contribution in [0.3, 0.4) is 0 Å². The van der Waals surface area contributed by atoms with Crippen molar-refractivity contribution in [3.63, 3.8) is 0 Å². The van der Waals surface area contributed by atoms with Crippen molar-refractivity contribution in [1.82, 2.24) is 4.90 Å². The van der Waals surface area contributed by atoms with E-state index in [1.165, 1.54) is 0 Å². The highest BCUT2D eigenvalue weighted by atomic mass is 35.5. The Balaban J connectivity index is 2.17. The van der Waals surface area contributed by atoms with Crippen LogP contribution in [-0.2, 0) is 11.3 Å². The van der Waals surface area contributed by atoms with E-state index in [9.17, 15) is 4.79 Å². The van der Waals surface area contributed by atoms with Crippen molar-refractivity contribution < 1.29 is 4.79 Å². The molecule has 5 heteroatoms. The lowest BCUT2D eigenvalue weighted by Gasteiger charge is -2.30. The summed E-state index contributed by atoms with van der Waals surface area (Å²) in [6.45, 7) is 6.24. The standard InChI is InChI=1S/C16H18Cl2N2O/c1-11(2)20(14(21)15(3)10-16(15,17)18)9-13-6-4-12(8-19)5-7-13/h4-7,11H,9-10H2,1-3H3. The van der Waals surface area contributed by atoms with Crippen LogP contribution >= 0.6 is 23.2 Å². The Morgan fingerprint density at radius 1 is 1.38 bits per heavy atom. The van der Waals surface area contributed by atoms with Gasteiger partial charge in [-0.1, -0.05) is 12.1 Å². The SMILES string of the molecule is CC(C)N(Cc1ccc(C#N)cc1)C(=O)C1(C)CC1(Cl)Cl. The van der Waals surface area contributed by atoms with E-state index in [2.05, 4.69) is 6.07 Å². The second-order valence-corrected chi connectivity index (χ2v) is 7.53. The van der Waals surface area contributed by atoms with E-state index in [1.807, 2.05) is 32.9 Å². The fourth-order valence-corrected chi connectivity index (χ4v) is 3.02. The van der Waals surface area contributed by atoms with E-state index < -0.39 is 9.75 Å². The van der Waals surface area contributed by atoms with Crippen molar-refractivity contribution >= 4 is 29.1 Å². The van der Waals surface area contributed by atoms with Gasteiger partial charge in [-0.2, -0.15) is 5.26 Å². The molecule has 0 spiro atoms. The summed E-state index contributed by atoms with van der Waals surface area (Å²) in [6, 6.07) is 9.37. The third-order valence-corrected chi connectivity index (χ3v) is 5.15. The molecule has 0 saturated heterocycles. The molecule has 3 nitrogen and oxygen atoms in total. The van der Waals surface area contributed by atoms with Crippen LogP contribution in [0.5, 0.6) is 0 Å². The van der Waals surface area contributed by atoms with Gasteiger partial charge < -0.3 is 4.90 Å². The highest BCUT2D eigenvalue weighted by molar-refractivity contribution is 6.53. The zero-order chi connectivity index (χ0) is 15.8. The summed E-state index contributed by atoms with van der Waals surface area (Å²) in [4.78, 5) is 14.5. The first-order valence-electron chi connectivity index (χ1n) is 6.89. The maximum Gasteiger partial charge on any atom is 0.232 e. The van der Waals surface area contributed by atoms with Crippen LogP contribution < -0.4 is 0 Å². The van der Waals surface area contributed by atoms with Crippen LogP contribution in [0.1, 0.15) is 38.3 Å². The van der Waals surface area contributed by atoms with Gasteiger partial charge in [-0.05, 0) is 44.9 Å². The number of nitrogens with zero attached hydrogens (tertiary/aromatic N) is 2. The molecule has 1 fully saturated rings. The molecule has 2 rings (SSSR count). The van der Waals surface area contributed by atoms with Gasteiger partial charge in [0.15, 0.2) is 0 Å². The lowest BCUT2D eigenvalue weighted by molar-refractivity contribution is -0.138. The molecule has 112 valence electrons. The molecule has 0 aliphatic heterocycles. The van der Waals surface area contributed by atoms with Gasteiger partial charge in [-0.3, -0.25) is 4.79 Å². The summed E-state index contributed by atoms with van der Waals surface area (Å²) < 4.78 is -0.956. The van der Waals surface area contributed by atoms with Crippen LogP contribution in [-0.4, -0.2) is 21.2 Å². The fraction of sp³-hybridized carbons (Fsp3) is 0.500. The van der Waals surface area contributed by atoms with Gasteiger partial charge in [0.25, 0.3) is 0 Å². The normalized spacial score (nSPS) is 22.7. The summed E-state index contributed by atoms with van der Waals surface area (Å²) in [6.07, 6.45) is 0.485. The smallest absolute Gasteiger partial charge is 0.232 e. The lowest BCUT2D eigenvalue weighted by atomic mass is 10.1. The maximum absolute atomic E-state index is 12.7. The molecule has 0 radical (unpaired) electrons. The van der Waals surface area contributed by atoms with Crippen LogP contribution in [0, 0.1) is 16.7 Å². The number of hydrogen-bond acceptors (Lipinski definition) is 2. The van der Waals surface area contributed by atoms with E-state index in [1.54, 1.807) is 17.0 Å². The Kier molecular flexibility index (Phi) is 4.24. The second kappa shape index (κ2) is 5.51. The van der Waals surface area contributed by atoms with Crippen molar-refractivity contribution in [2.75, 3.05) is 0 Å². The van der Waals surface area contributed by atoms with Crippen molar-refractivity contribution in [2.45, 2.75) is 44.1 Å². The number of amides is 1. The van der Waals surface area contributed by atoms with Crippen LogP contribution in [0.4, 0.5) is 0 Å². The van der Waals surface area contributed by atoms with Crippen molar-refractivity contribution in [3.05, 3.63) is 35.4 Å². The number of benzene rings is 1. The minimum absolute atomic E-state index is 0.0214. The summed E-state index contributed by atoms with van der Waals surface area (Å²) in [5.41, 5.74) is 0.887. The Hall–Kier alpha value is -1.24. The molecule has 1 aromatic rings. The molecular weight excluding hydrogens is 307 g/mol. The van der Waals surface area contributed by atoms with Gasteiger partial charge in [-0.15, -0.1) is 23.2 Å². The average Bonchev–Trinajstić information content (AvgIpc) is 2.96. The zero-order valence-electron chi connectivity index (χ0n) is 12.4. The van der Waals surface area contributed by atoms with Crippen LogP contribution in [0.25, 0.3) is 0 Å². The number of rotatable bonds is 4. The Labute approximate surface area is 135 Å². The average molecular weight is 325 g/mol. The molecule has 1 amide bonds. The van der Waals surface area contributed by atoms with E-state index >= 15 is 0 Å². The molecule has 1 unspecified atom stereocenters. The van der Waals surface area contributed by atoms with Gasteiger partial charge >= 0.3 is 0 Å². The highest BCUT2D eigenvalue weighted by Crippen LogP contribution is 2.64. The molecule has 1 saturated carbocycles. The minimum atomic E-state index is -0.956. The number of carbonyl (C=O) groups is 1. The monoisotopic (exact) mass is 324 g/mol. The Morgan fingerprint density at radius 3 is 2.29 bits per heavy atom. The number of hydrogen-bond donors (Lipinski definition) is 0. The quantitative estimate of drug-likeness (QED) is 0.789. The third-order valence-electron chi connectivity index (χ3n) is 4.05. The van der Waals surface area contributed by atoms with Crippen molar-refractivity contribution in [3.8, 4) is 6.07 Å². The van der Waals surface area contributed by atoms with Crippen molar-refractivity contribution in [2.24, 2.45) is 5.41 Å². The van der Waals surface area contributed by atoms with Crippen LogP contribution in [0.15, 0.2) is 24.3 Å². The molecular formula is C16H18Cl2N2O. The first-order valence-corrected chi connectivity index (χ1v) is 7.65. The number of alkyl halides is 2. The molecule has 1 aliphatic rings. The number of halogens is 2. The fourth-order valence-electron chi connectivity index (χ4n) is 2.32. The zero-order valence-corrected chi connectivity index (χ0v) is 13.9. The van der Waals surface area contributed by atoms with Gasteiger partial charge in [0, 0.05) is 12.6 Å². The van der Waals surface area contributed by atoms with E-state index in [0.29, 0.717) is 18.5 Å². The number of carbonyl (C=O) groups excluding carboxylic acids is 1. The maximum atomic E-state index is 12.7. The molecule has 1 atom stereocenters. The first-order chi connectivity index (χ1) is 9.71. The van der Waals surface area contributed by atoms with Gasteiger partial charge in [0.1, 0.15) is 4.33 Å². The van der Waals surface area contributed by atoms with Gasteiger partial charge in [0.05, 0.1) is 17.0 Å². The van der Waals surface area contributed by atoms with E-state index in [4.69, 9.17) is 28.5 Å². The Morgan fingerprint density at radius 2 is 1.90 bits per heavy atom. The molecule has 0 bridgehead atoms. The number of nitriles is 1. The van der Waals surface area contributed by atoms with Crippen LogP contribution in [0.2, 0.25) is 0 Å². The summed E-state index contributed by atoms with van der Waals surface area (Å²) in [5.74, 6) is -0.0214. The van der Waals surface area contributed by atoms with E-state index in [-0.39, 0.29) is 11.9 Å². The Bertz CT molecular complexity index is 589.